The Morgan fingerprint density at radius 2 is 1.30 bits per heavy atom. The minimum absolute atomic E-state index is 0.611. The van der Waals surface area contributed by atoms with Gasteiger partial charge in [0.2, 0.25) is 0 Å². The van der Waals surface area contributed by atoms with Crippen molar-refractivity contribution in [3.05, 3.63) is 58.7 Å². The summed E-state index contributed by atoms with van der Waals surface area (Å²) in [7, 11) is 0. The third-order valence-corrected chi connectivity index (χ3v) is 7.40. The lowest BCUT2D eigenvalue weighted by Gasteiger charge is -2.21. The highest BCUT2D eigenvalue weighted by Gasteiger charge is 2.30. The first kappa shape index (κ1) is 18.0. The van der Waals surface area contributed by atoms with E-state index in [9.17, 15) is 4.57 Å². The van der Waals surface area contributed by atoms with Gasteiger partial charge in [0.05, 0.1) is 0 Å². The quantitative estimate of drug-likeness (QED) is 0.578. The van der Waals surface area contributed by atoms with Gasteiger partial charge in [0, 0.05) is 5.75 Å². The summed E-state index contributed by atoms with van der Waals surface area (Å²) in [5.41, 5.74) is 4.16. The Morgan fingerprint density at radius 1 is 0.870 bits per heavy atom. The molecule has 5 heteroatoms. The molecule has 0 saturated carbocycles. The molecule has 0 unspecified atom stereocenters. The van der Waals surface area contributed by atoms with Crippen molar-refractivity contribution >= 4 is 18.2 Å². The maximum atomic E-state index is 13.2. The molecule has 124 valence electrons. The average molecular weight is 350 g/mol. The molecule has 0 aliphatic rings. The minimum Gasteiger partial charge on any atom is -0.408 e. The molecule has 0 aromatic heterocycles. The smallest absolute Gasteiger partial charge is 0.408 e. The summed E-state index contributed by atoms with van der Waals surface area (Å²) >= 11 is 1.21. The zero-order chi connectivity index (χ0) is 17.0. The van der Waals surface area contributed by atoms with Gasteiger partial charge in [-0.15, -0.1) is 0 Å². The molecule has 2 rings (SSSR count). The van der Waals surface area contributed by atoms with Crippen molar-refractivity contribution in [1.82, 2.24) is 0 Å². The van der Waals surface area contributed by atoms with Crippen LogP contribution in [-0.4, -0.2) is 5.75 Å². The highest BCUT2D eigenvalue weighted by atomic mass is 32.7. The van der Waals surface area contributed by atoms with Gasteiger partial charge in [0.15, 0.2) is 0 Å². The second-order valence-electron chi connectivity index (χ2n) is 5.44. The van der Waals surface area contributed by atoms with Gasteiger partial charge in [-0.25, -0.2) is 4.57 Å². The van der Waals surface area contributed by atoms with Gasteiger partial charge in [-0.2, -0.15) is 0 Å². The largest absolute Gasteiger partial charge is 0.492 e. The fraction of sp³-hybridized carbons (Fsp3) is 0.333. The lowest BCUT2D eigenvalue weighted by molar-refractivity contribution is 0.405. The van der Waals surface area contributed by atoms with Crippen LogP contribution in [0.3, 0.4) is 0 Å². The maximum absolute atomic E-state index is 13.2. The molecule has 0 spiro atoms. The lowest BCUT2D eigenvalue weighted by atomic mass is 10.1. The number of aryl methyl sites for hydroxylation is 2. The second-order valence-corrected chi connectivity index (χ2v) is 9.66. The van der Waals surface area contributed by atoms with E-state index in [1.807, 2.05) is 71.0 Å². The molecule has 0 aliphatic heterocycles. The van der Waals surface area contributed by atoms with Crippen LogP contribution in [0.15, 0.2) is 36.4 Å². The number of hydrogen-bond donors (Lipinski definition) is 0. The van der Waals surface area contributed by atoms with Gasteiger partial charge >= 0.3 is 6.80 Å². The Hall–Kier alpha value is -1.38. The van der Waals surface area contributed by atoms with Crippen LogP contribution in [0.5, 0.6) is 11.5 Å². The first-order valence-electron chi connectivity index (χ1n) is 7.62. The van der Waals surface area contributed by atoms with E-state index in [1.165, 1.54) is 11.4 Å². The molecule has 2 aromatic carbocycles. The summed E-state index contributed by atoms with van der Waals surface area (Å²) in [5, 5.41) is 0. The molecule has 0 fully saturated rings. The zero-order valence-electron chi connectivity index (χ0n) is 14.3. The Bertz CT molecular complexity index is 686. The van der Waals surface area contributed by atoms with Crippen LogP contribution < -0.4 is 9.05 Å². The van der Waals surface area contributed by atoms with Crippen molar-refractivity contribution in [3.8, 4) is 11.5 Å². The Morgan fingerprint density at radius 3 is 1.70 bits per heavy atom. The fourth-order valence-corrected chi connectivity index (χ4v) is 5.20. The molecule has 0 heterocycles. The molecule has 0 N–H and O–H groups in total. The van der Waals surface area contributed by atoms with E-state index < -0.39 is 6.80 Å². The summed E-state index contributed by atoms with van der Waals surface area (Å²) in [5.74, 6) is 1.87. The molecule has 2 aromatic rings. The average Bonchev–Trinajstić information content (AvgIpc) is 2.49. The van der Waals surface area contributed by atoms with Crippen LogP contribution in [-0.2, 0) is 4.57 Å². The van der Waals surface area contributed by atoms with Crippen molar-refractivity contribution in [2.75, 3.05) is 5.75 Å². The van der Waals surface area contributed by atoms with Crippen molar-refractivity contribution in [1.29, 1.82) is 0 Å². The third kappa shape index (κ3) is 4.33. The predicted octanol–water partition coefficient (Wildman–Crippen LogP) is 6.24. The SMILES string of the molecule is CCSP(=O)(Oc1cccc(C)c1C)Oc1cccc(C)c1C. The highest BCUT2D eigenvalue weighted by Crippen LogP contribution is 2.60. The summed E-state index contributed by atoms with van der Waals surface area (Å²) in [6, 6.07) is 11.5. The molecule has 0 atom stereocenters. The Kier molecular flexibility index (Phi) is 5.83. The van der Waals surface area contributed by atoms with E-state index in [0.717, 1.165) is 22.3 Å². The van der Waals surface area contributed by atoms with Crippen LogP contribution in [0.1, 0.15) is 29.2 Å². The first-order valence-corrected chi connectivity index (χ1v) is 10.8. The topological polar surface area (TPSA) is 35.5 Å². The van der Waals surface area contributed by atoms with Crippen LogP contribution in [0, 0.1) is 27.7 Å². The van der Waals surface area contributed by atoms with Gasteiger partial charge in [-0.1, -0.05) is 31.2 Å². The minimum atomic E-state index is -3.34. The molecule has 0 aliphatic carbocycles. The molecule has 0 amide bonds. The van der Waals surface area contributed by atoms with Crippen LogP contribution >= 0.6 is 18.2 Å². The van der Waals surface area contributed by atoms with Crippen LogP contribution in [0.2, 0.25) is 0 Å². The van der Waals surface area contributed by atoms with Crippen LogP contribution in [0.25, 0.3) is 0 Å². The summed E-state index contributed by atoms with van der Waals surface area (Å²) in [6.07, 6.45) is 0. The second kappa shape index (κ2) is 7.46. The third-order valence-electron chi connectivity index (χ3n) is 3.82. The predicted molar refractivity (Wildman–Crippen MR) is 98.8 cm³/mol. The summed E-state index contributed by atoms with van der Waals surface area (Å²) < 4.78 is 24.9. The van der Waals surface area contributed by atoms with Crippen molar-refractivity contribution in [3.63, 3.8) is 0 Å². The van der Waals surface area contributed by atoms with Gasteiger partial charge in [-0.3, -0.25) is 0 Å². The first-order chi connectivity index (χ1) is 10.9. The maximum Gasteiger partial charge on any atom is 0.492 e. The van der Waals surface area contributed by atoms with Crippen LogP contribution in [0.4, 0.5) is 0 Å². The van der Waals surface area contributed by atoms with E-state index in [4.69, 9.17) is 9.05 Å². The summed E-state index contributed by atoms with van der Waals surface area (Å²) in [4.78, 5) is 0. The lowest BCUT2D eigenvalue weighted by Crippen LogP contribution is -2.01. The number of hydrogen-bond acceptors (Lipinski definition) is 4. The van der Waals surface area contributed by atoms with Crippen molar-refractivity contribution in [2.45, 2.75) is 34.6 Å². The van der Waals surface area contributed by atoms with Crippen molar-refractivity contribution < 1.29 is 13.6 Å². The summed E-state index contributed by atoms with van der Waals surface area (Å²) in [6.45, 7) is 6.54. The van der Waals surface area contributed by atoms with Gasteiger partial charge in [0.1, 0.15) is 11.5 Å². The normalized spacial score (nSPS) is 11.3. The van der Waals surface area contributed by atoms with E-state index in [0.29, 0.717) is 17.3 Å². The monoisotopic (exact) mass is 350 g/mol. The van der Waals surface area contributed by atoms with E-state index >= 15 is 0 Å². The van der Waals surface area contributed by atoms with Crippen molar-refractivity contribution in [2.24, 2.45) is 0 Å². The van der Waals surface area contributed by atoms with Gasteiger partial charge < -0.3 is 9.05 Å². The molecule has 0 saturated heterocycles. The molecule has 23 heavy (non-hydrogen) atoms. The highest BCUT2D eigenvalue weighted by molar-refractivity contribution is 8.55. The number of benzene rings is 2. The zero-order valence-corrected chi connectivity index (χ0v) is 16.0. The molecule has 0 bridgehead atoms. The standard InChI is InChI=1S/C18H23O3PS/c1-6-23-22(19,20-17-11-7-9-13(2)15(17)4)21-18-12-8-10-14(3)16(18)5/h7-12H,6H2,1-5H3. The molecule has 3 nitrogen and oxygen atoms in total. The van der Waals surface area contributed by atoms with E-state index in [-0.39, 0.29) is 0 Å². The molecular weight excluding hydrogens is 327 g/mol. The Labute approximate surface area is 142 Å². The molecular formula is C18H23O3PS. The van der Waals surface area contributed by atoms with Gasteiger partial charge in [-0.05, 0) is 73.5 Å². The number of rotatable bonds is 6. The fourth-order valence-electron chi connectivity index (χ4n) is 2.12. The van der Waals surface area contributed by atoms with E-state index in [2.05, 4.69) is 0 Å². The van der Waals surface area contributed by atoms with E-state index in [1.54, 1.807) is 0 Å². The molecule has 0 radical (unpaired) electrons. The van der Waals surface area contributed by atoms with Gasteiger partial charge in [0.25, 0.3) is 0 Å². The Balaban J connectivity index is 2.34.